The lowest BCUT2D eigenvalue weighted by molar-refractivity contribution is -0.184. The summed E-state index contributed by atoms with van der Waals surface area (Å²) in [6.07, 6.45) is 2.72. The van der Waals surface area contributed by atoms with Gasteiger partial charge in [0.2, 0.25) is 0 Å². The molecule has 0 aliphatic carbocycles. The van der Waals surface area contributed by atoms with Crippen molar-refractivity contribution >= 4 is 5.97 Å². The van der Waals surface area contributed by atoms with Crippen molar-refractivity contribution in [1.29, 1.82) is 0 Å². The van der Waals surface area contributed by atoms with Crippen LogP contribution in [0.4, 0.5) is 0 Å². The van der Waals surface area contributed by atoms with Crippen LogP contribution in [0.5, 0.6) is 0 Å². The van der Waals surface area contributed by atoms with E-state index >= 15 is 0 Å². The zero-order chi connectivity index (χ0) is 14.6. The van der Waals surface area contributed by atoms with Crippen molar-refractivity contribution in [2.75, 3.05) is 0 Å². The second-order valence-electron chi connectivity index (χ2n) is 6.40. The number of esters is 1. The van der Waals surface area contributed by atoms with E-state index in [4.69, 9.17) is 4.74 Å². The Kier molecular flexibility index (Phi) is 6.39. The average molecular weight is 256 g/mol. The maximum absolute atomic E-state index is 12.4. The molecule has 18 heavy (non-hydrogen) atoms. The monoisotopic (exact) mass is 256 g/mol. The molecule has 0 aromatic heterocycles. The molecule has 0 aliphatic rings. The fraction of sp³-hybridized carbons (Fsp3) is 0.938. The first-order valence-corrected chi connectivity index (χ1v) is 7.41. The van der Waals surface area contributed by atoms with E-state index in [1.165, 1.54) is 0 Å². The van der Waals surface area contributed by atoms with E-state index in [0.717, 1.165) is 19.3 Å². The topological polar surface area (TPSA) is 26.3 Å². The Labute approximate surface area is 113 Å². The van der Waals surface area contributed by atoms with Crippen molar-refractivity contribution in [3.8, 4) is 0 Å². The average Bonchev–Trinajstić information content (AvgIpc) is 2.34. The summed E-state index contributed by atoms with van der Waals surface area (Å²) in [7, 11) is 0. The molecule has 2 heteroatoms. The van der Waals surface area contributed by atoms with Gasteiger partial charge in [-0.1, -0.05) is 41.5 Å². The fourth-order valence-electron chi connectivity index (χ4n) is 2.42. The van der Waals surface area contributed by atoms with Crippen molar-refractivity contribution in [3.63, 3.8) is 0 Å². The van der Waals surface area contributed by atoms with Gasteiger partial charge < -0.3 is 4.74 Å². The van der Waals surface area contributed by atoms with E-state index in [2.05, 4.69) is 34.6 Å². The number of rotatable bonds is 7. The molecule has 0 fully saturated rings. The van der Waals surface area contributed by atoms with Gasteiger partial charge in [0.1, 0.15) is 5.60 Å². The van der Waals surface area contributed by atoms with Crippen LogP contribution in [0.25, 0.3) is 0 Å². The Bertz CT molecular complexity index is 268. The lowest BCUT2D eigenvalue weighted by Gasteiger charge is -2.43. The predicted octanol–water partition coefficient (Wildman–Crippen LogP) is 4.82. The Hall–Kier alpha value is -0.530. The Balaban J connectivity index is 5.19. The summed E-state index contributed by atoms with van der Waals surface area (Å²) in [5.41, 5.74) is -0.707. The van der Waals surface area contributed by atoms with Crippen molar-refractivity contribution < 1.29 is 9.53 Å². The van der Waals surface area contributed by atoms with Crippen LogP contribution in [0, 0.1) is 17.3 Å². The highest BCUT2D eigenvalue weighted by Crippen LogP contribution is 2.38. The van der Waals surface area contributed by atoms with Crippen molar-refractivity contribution in [1.82, 2.24) is 0 Å². The predicted molar refractivity (Wildman–Crippen MR) is 77.5 cm³/mol. The number of carbonyl (C=O) groups excluding carboxylic acids is 1. The molecule has 2 atom stereocenters. The van der Waals surface area contributed by atoms with Gasteiger partial charge in [-0.2, -0.15) is 0 Å². The molecule has 0 aromatic rings. The van der Waals surface area contributed by atoms with Crippen LogP contribution in [0.1, 0.15) is 74.7 Å². The molecule has 0 aliphatic heterocycles. The van der Waals surface area contributed by atoms with Crippen LogP contribution in [0.15, 0.2) is 0 Å². The first-order chi connectivity index (χ1) is 8.17. The van der Waals surface area contributed by atoms with Crippen LogP contribution in [0.2, 0.25) is 0 Å². The maximum Gasteiger partial charge on any atom is 0.312 e. The van der Waals surface area contributed by atoms with Crippen molar-refractivity contribution in [3.05, 3.63) is 0 Å². The summed E-state index contributed by atoms with van der Waals surface area (Å²) in [6.45, 7) is 16.8. The third-order valence-corrected chi connectivity index (χ3v) is 4.70. The van der Waals surface area contributed by atoms with Gasteiger partial charge in [-0.25, -0.2) is 0 Å². The summed E-state index contributed by atoms with van der Waals surface area (Å²) >= 11 is 0. The van der Waals surface area contributed by atoms with Crippen LogP contribution >= 0.6 is 0 Å². The van der Waals surface area contributed by atoms with Crippen molar-refractivity contribution in [2.24, 2.45) is 17.3 Å². The maximum atomic E-state index is 12.4. The molecule has 0 saturated heterocycles. The molecule has 0 saturated carbocycles. The third kappa shape index (κ3) is 3.49. The first-order valence-electron chi connectivity index (χ1n) is 7.41. The molecular formula is C16H32O2. The third-order valence-electron chi connectivity index (χ3n) is 4.70. The molecule has 0 rings (SSSR count). The molecule has 0 bridgehead atoms. The highest BCUT2D eigenvalue weighted by Gasteiger charge is 2.43. The molecule has 0 spiro atoms. The van der Waals surface area contributed by atoms with Crippen LogP contribution < -0.4 is 0 Å². The molecule has 0 aromatic carbocycles. The van der Waals surface area contributed by atoms with E-state index in [1.807, 2.05) is 20.8 Å². The smallest absolute Gasteiger partial charge is 0.312 e. The van der Waals surface area contributed by atoms with E-state index in [0.29, 0.717) is 11.8 Å². The Morgan fingerprint density at radius 2 is 1.56 bits per heavy atom. The van der Waals surface area contributed by atoms with Gasteiger partial charge in [-0.05, 0) is 44.9 Å². The van der Waals surface area contributed by atoms with Gasteiger partial charge in [0.05, 0.1) is 5.41 Å². The number of hydrogen-bond acceptors (Lipinski definition) is 2. The minimum Gasteiger partial charge on any atom is -0.458 e. The number of ether oxygens (including phenoxy) is 1. The SMILES string of the molecule is CCC(C)C(CC)(OC(=O)C(C)(C)CC)C(C)C. The molecule has 0 N–H and O–H groups in total. The molecule has 0 radical (unpaired) electrons. The Morgan fingerprint density at radius 1 is 1.06 bits per heavy atom. The van der Waals surface area contributed by atoms with Crippen LogP contribution in [0.3, 0.4) is 0 Å². The first kappa shape index (κ1) is 17.5. The van der Waals surface area contributed by atoms with E-state index < -0.39 is 0 Å². The van der Waals surface area contributed by atoms with Crippen LogP contribution in [-0.2, 0) is 9.53 Å². The highest BCUT2D eigenvalue weighted by atomic mass is 16.6. The fourth-order valence-corrected chi connectivity index (χ4v) is 2.42. The van der Waals surface area contributed by atoms with Gasteiger partial charge in [-0.15, -0.1) is 0 Å². The second-order valence-corrected chi connectivity index (χ2v) is 6.40. The zero-order valence-corrected chi connectivity index (χ0v) is 13.6. The zero-order valence-electron chi connectivity index (χ0n) is 13.6. The van der Waals surface area contributed by atoms with Gasteiger partial charge in [0, 0.05) is 0 Å². The number of hydrogen-bond donors (Lipinski definition) is 0. The minimum atomic E-state index is -0.386. The van der Waals surface area contributed by atoms with Crippen LogP contribution in [-0.4, -0.2) is 11.6 Å². The summed E-state index contributed by atoms with van der Waals surface area (Å²) < 4.78 is 6.02. The molecule has 0 amide bonds. The normalized spacial score (nSPS) is 17.4. The molecule has 108 valence electrons. The van der Waals surface area contributed by atoms with Gasteiger partial charge in [0.15, 0.2) is 0 Å². The van der Waals surface area contributed by atoms with E-state index in [1.54, 1.807) is 0 Å². The molecule has 0 heterocycles. The highest BCUT2D eigenvalue weighted by molar-refractivity contribution is 5.76. The number of carbonyl (C=O) groups is 1. The van der Waals surface area contributed by atoms with E-state index in [9.17, 15) is 4.79 Å². The minimum absolute atomic E-state index is 0.0548. The molecular weight excluding hydrogens is 224 g/mol. The summed E-state index contributed by atoms with van der Waals surface area (Å²) in [5.74, 6) is 0.675. The summed E-state index contributed by atoms with van der Waals surface area (Å²) in [4.78, 5) is 12.4. The van der Waals surface area contributed by atoms with Gasteiger partial charge in [-0.3, -0.25) is 4.79 Å². The molecule has 2 nitrogen and oxygen atoms in total. The lowest BCUT2D eigenvalue weighted by atomic mass is 9.75. The van der Waals surface area contributed by atoms with E-state index in [-0.39, 0.29) is 17.0 Å². The van der Waals surface area contributed by atoms with Crippen molar-refractivity contribution in [2.45, 2.75) is 80.3 Å². The molecule has 2 unspecified atom stereocenters. The quantitative estimate of drug-likeness (QED) is 0.611. The lowest BCUT2D eigenvalue weighted by Crippen LogP contribution is -2.48. The van der Waals surface area contributed by atoms with Gasteiger partial charge >= 0.3 is 5.97 Å². The summed E-state index contributed by atoms with van der Waals surface area (Å²) in [6, 6.07) is 0. The Morgan fingerprint density at radius 3 is 1.83 bits per heavy atom. The second kappa shape index (κ2) is 6.58. The summed E-state index contributed by atoms with van der Waals surface area (Å²) in [5, 5.41) is 0. The largest absolute Gasteiger partial charge is 0.458 e. The standard InChI is InChI=1S/C16H32O2/c1-9-13(6)16(11-3,12(4)5)18-14(17)15(7,8)10-2/h12-13H,9-11H2,1-8H3. The van der Waals surface area contributed by atoms with Gasteiger partial charge in [0.25, 0.3) is 0 Å².